The molecule has 9 heteroatoms. The number of nitro benzene ring substituents is 1. The van der Waals surface area contributed by atoms with Crippen LogP contribution in [0.25, 0.3) is 0 Å². The molecule has 0 aliphatic carbocycles. The van der Waals surface area contributed by atoms with Gasteiger partial charge in [0.25, 0.3) is 11.6 Å². The molecule has 0 aromatic heterocycles. The SMILES string of the molecule is CC1(C)S[C@H]2c3ccccc3C(=O)N2[C@@H]1C(=O)Nc1ccc(Cl)c([N+](=O)[O-])c1. The van der Waals surface area contributed by atoms with Crippen molar-refractivity contribution in [3.63, 3.8) is 0 Å². The molecule has 2 aromatic carbocycles. The van der Waals surface area contributed by atoms with Crippen molar-refractivity contribution in [2.75, 3.05) is 5.32 Å². The summed E-state index contributed by atoms with van der Waals surface area (Å²) in [5.41, 5.74) is 1.48. The van der Waals surface area contributed by atoms with Crippen molar-refractivity contribution < 1.29 is 14.5 Å². The molecule has 4 rings (SSSR count). The van der Waals surface area contributed by atoms with Gasteiger partial charge >= 0.3 is 0 Å². The van der Waals surface area contributed by atoms with E-state index in [9.17, 15) is 19.7 Å². The van der Waals surface area contributed by atoms with E-state index in [1.807, 2.05) is 26.0 Å². The Morgan fingerprint density at radius 1 is 1.29 bits per heavy atom. The largest absolute Gasteiger partial charge is 0.324 e. The average molecular weight is 418 g/mol. The molecule has 0 radical (unpaired) electrons. The molecule has 0 bridgehead atoms. The summed E-state index contributed by atoms with van der Waals surface area (Å²) in [6.45, 7) is 3.83. The molecule has 2 aromatic rings. The smallest absolute Gasteiger partial charge is 0.289 e. The van der Waals surface area contributed by atoms with Crippen LogP contribution in [-0.4, -0.2) is 32.4 Å². The molecule has 1 fully saturated rings. The van der Waals surface area contributed by atoms with Gasteiger partial charge in [0, 0.05) is 22.1 Å². The van der Waals surface area contributed by atoms with Crippen LogP contribution in [0.4, 0.5) is 11.4 Å². The van der Waals surface area contributed by atoms with Crippen LogP contribution >= 0.6 is 23.4 Å². The van der Waals surface area contributed by atoms with E-state index in [0.717, 1.165) is 5.56 Å². The molecule has 2 amide bonds. The van der Waals surface area contributed by atoms with Gasteiger partial charge in [0.2, 0.25) is 5.91 Å². The molecule has 2 aliphatic rings. The molecule has 0 spiro atoms. The molecular formula is C19H16ClN3O4S. The predicted octanol–water partition coefficient (Wildman–Crippen LogP) is 4.24. The number of nitrogens with one attached hydrogen (secondary N) is 1. The van der Waals surface area contributed by atoms with Crippen molar-refractivity contribution in [3.8, 4) is 0 Å². The number of carbonyl (C=O) groups excluding carboxylic acids is 2. The number of nitro groups is 1. The maximum atomic E-state index is 13.1. The molecule has 144 valence electrons. The highest BCUT2D eigenvalue weighted by Crippen LogP contribution is 2.56. The van der Waals surface area contributed by atoms with Gasteiger partial charge in [-0.15, -0.1) is 11.8 Å². The zero-order chi connectivity index (χ0) is 20.2. The lowest BCUT2D eigenvalue weighted by molar-refractivity contribution is -0.384. The summed E-state index contributed by atoms with van der Waals surface area (Å²) < 4.78 is -0.531. The van der Waals surface area contributed by atoms with Crippen LogP contribution < -0.4 is 5.32 Å². The van der Waals surface area contributed by atoms with Gasteiger partial charge < -0.3 is 10.2 Å². The molecule has 0 unspecified atom stereocenters. The number of rotatable bonds is 3. The van der Waals surface area contributed by atoms with Crippen LogP contribution in [0.15, 0.2) is 42.5 Å². The number of hydrogen-bond donors (Lipinski definition) is 1. The van der Waals surface area contributed by atoms with Crippen molar-refractivity contribution in [3.05, 3.63) is 68.7 Å². The predicted molar refractivity (Wildman–Crippen MR) is 108 cm³/mol. The monoisotopic (exact) mass is 417 g/mol. The third-order valence-corrected chi connectivity index (χ3v) is 6.81. The van der Waals surface area contributed by atoms with Gasteiger partial charge in [-0.3, -0.25) is 19.7 Å². The Morgan fingerprint density at radius 2 is 2.00 bits per heavy atom. The molecule has 2 aliphatic heterocycles. The molecule has 1 saturated heterocycles. The van der Waals surface area contributed by atoms with Crippen LogP contribution in [0.2, 0.25) is 5.02 Å². The maximum Gasteiger partial charge on any atom is 0.289 e. The Balaban J connectivity index is 1.65. The normalized spacial score (nSPS) is 22.0. The summed E-state index contributed by atoms with van der Waals surface area (Å²) in [5, 5.41) is 13.6. The van der Waals surface area contributed by atoms with Gasteiger partial charge in [0.05, 0.1) is 4.92 Å². The molecule has 7 nitrogen and oxygen atoms in total. The van der Waals surface area contributed by atoms with Crippen molar-refractivity contribution >= 4 is 46.6 Å². The van der Waals surface area contributed by atoms with E-state index in [4.69, 9.17) is 11.6 Å². The topological polar surface area (TPSA) is 92.6 Å². The minimum atomic E-state index is -0.725. The number of nitrogens with zero attached hydrogens (tertiary/aromatic N) is 2. The molecule has 2 atom stereocenters. The van der Waals surface area contributed by atoms with Crippen molar-refractivity contribution in [2.24, 2.45) is 0 Å². The summed E-state index contributed by atoms with van der Waals surface area (Å²) in [7, 11) is 0. The fourth-order valence-electron chi connectivity index (χ4n) is 3.75. The second kappa shape index (κ2) is 6.49. The third kappa shape index (κ3) is 2.84. The highest BCUT2D eigenvalue weighted by molar-refractivity contribution is 8.01. The number of amides is 2. The lowest BCUT2D eigenvalue weighted by Gasteiger charge is -2.29. The summed E-state index contributed by atoms with van der Waals surface area (Å²) in [5.74, 6) is -0.571. The van der Waals surface area contributed by atoms with E-state index in [1.165, 1.54) is 18.2 Å². The van der Waals surface area contributed by atoms with Crippen molar-refractivity contribution in [1.29, 1.82) is 0 Å². The first kappa shape index (κ1) is 18.8. The van der Waals surface area contributed by atoms with Gasteiger partial charge in [-0.1, -0.05) is 29.8 Å². The highest BCUT2D eigenvalue weighted by Gasteiger charge is 2.57. The van der Waals surface area contributed by atoms with E-state index < -0.39 is 21.6 Å². The second-order valence-corrected chi connectivity index (χ2v) is 9.33. The van der Waals surface area contributed by atoms with Crippen LogP contribution in [-0.2, 0) is 4.79 Å². The first-order chi connectivity index (χ1) is 13.2. The van der Waals surface area contributed by atoms with Gasteiger partial charge in [-0.05, 0) is 37.6 Å². The number of anilines is 1. The van der Waals surface area contributed by atoms with E-state index in [0.29, 0.717) is 5.56 Å². The highest BCUT2D eigenvalue weighted by atomic mass is 35.5. The zero-order valence-electron chi connectivity index (χ0n) is 15.0. The lowest BCUT2D eigenvalue weighted by Crippen LogP contribution is -2.50. The number of hydrogen-bond acceptors (Lipinski definition) is 5. The summed E-state index contributed by atoms with van der Waals surface area (Å²) in [6, 6.07) is 10.7. The van der Waals surface area contributed by atoms with Gasteiger partial charge in [-0.25, -0.2) is 0 Å². The van der Waals surface area contributed by atoms with E-state index in [-0.39, 0.29) is 27.7 Å². The molecule has 28 heavy (non-hydrogen) atoms. The van der Waals surface area contributed by atoms with Crippen LogP contribution in [0, 0.1) is 10.1 Å². The van der Waals surface area contributed by atoms with E-state index in [2.05, 4.69) is 5.32 Å². The fourth-order valence-corrected chi connectivity index (χ4v) is 5.52. The summed E-state index contributed by atoms with van der Waals surface area (Å²) in [6.07, 6.45) is 0. The second-order valence-electron chi connectivity index (χ2n) is 7.19. The number of halogens is 1. The van der Waals surface area contributed by atoms with E-state index in [1.54, 1.807) is 28.8 Å². The van der Waals surface area contributed by atoms with Crippen LogP contribution in [0.1, 0.15) is 35.1 Å². The molecule has 2 heterocycles. The Labute approximate surface area is 170 Å². The number of fused-ring (bicyclic) bond motifs is 3. The van der Waals surface area contributed by atoms with Crippen LogP contribution in [0.3, 0.4) is 0 Å². The minimum Gasteiger partial charge on any atom is -0.324 e. The number of carbonyl (C=O) groups is 2. The fraction of sp³-hybridized carbons (Fsp3) is 0.263. The van der Waals surface area contributed by atoms with Gasteiger partial charge in [-0.2, -0.15) is 0 Å². The maximum absolute atomic E-state index is 13.1. The summed E-state index contributed by atoms with van der Waals surface area (Å²) >= 11 is 7.39. The van der Waals surface area contributed by atoms with Gasteiger partial charge in [0.15, 0.2) is 0 Å². The first-order valence-corrected chi connectivity index (χ1v) is 9.80. The summed E-state index contributed by atoms with van der Waals surface area (Å²) in [4.78, 5) is 38.2. The molecule has 1 N–H and O–H groups in total. The van der Waals surface area contributed by atoms with Crippen LogP contribution in [0.5, 0.6) is 0 Å². The molecular weight excluding hydrogens is 402 g/mol. The number of thioether (sulfide) groups is 1. The Kier molecular flexibility index (Phi) is 4.35. The van der Waals surface area contributed by atoms with Crippen molar-refractivity contribution in [2.45, 2.75) is 30.0 Å². The standard InChI is InChI=1S/C19H16ClN3O4S/c1-19(2)15(16(24)21-10-7-8-13(20)14(9-10)23(26)27)22-17(25)11-5-3-4-6-12(11)18(22)28-19/h3-9,15,18H,1-2H3,(H,21,24)/t15-,18+/m1/s1. The Hall–Kier alpha value is -2.58. The third-order valence-electron chi connectivity index (χ3n) is 4.96. The van der Waals surface area contributed by atoms with Gasteiger partial charge in [0.1, 0.15) is 16.4 Å². The Bertz CT molecular complexity index is 1030. The zero-order valence-corrected chi connectivity index (χ0v) is 16.6. The quantitative estimate of drug-likeness (QED) is 0.595. The average Bonchev–Trinajstić information content (AvgIpc) is 3.06. The van der Waals surface area contributed by atoms with Crippen molar-refractivity contribution in [1.82, 2.24) is 4.90 Å². The number of benzene rings is 2. The Morgan fingerprint density at radius 3 is 2.71 bits per heavy atom. The molecule has 0 saturated carbocycles. The minimum absolute atomic E-state index is 0.00927. The first-order valence-electron chi connectivity index (χ1n) is 8.55. The lowest BCUT2D eigenvalue weighted by atomic mass is 10.0. The van der Waals surface area contributed by atoms with E-state index >= 15 is 0 Å².